The van der Waals surface area contributed by atoms with Crippen molar-refractivity contribution < 1.29 is 19.1 Å². The van der Waals surface area contributed by atoms with Crippen LogP contribution in [0.25, 0.3) is 6.08 Å². The predicted octanol–water partition coefficient (Wildman–Crippen LogP) is 8.13. The van der Waals surface area contributed by atoms with Gasteiger partial charge in [0.1, 0.15) is 11.4 Å². The lowest BCUT2D eigenvalue weighted by atomic mass is 10.0. The van der Waals surface area contributed by atoms with Gasteiger partial charge in [0.15, 0.2) is 0 Å². The third-order valence-electron chi connectivity index (χ3n) is 6.83. The summed E-state index contributed by atoms with van der Waals surface area (Å²) in [6.45, 7) is 7.03. The molecule has 0 aliphatic rings. The molecule has 0 unspecified atom stereocenters. The zero-order chi connectivity index (χ0) is 32.0. The number of carbonyl (C=O) groups is 3. The topological polar surface area (TPSA) is 96.5 Å². The largest absolute Gasteiger partial charge is 0.494 e. The van der Waals surface area contributed by atoms with Gasteiger partial charge >= 0.3 is 0 Å². The molecule has 0 radical (unpaired) electrons. The van der Waals surface area contributed by atoms with E-state index in [0.29, 0.717) is 29.5 Å². The van der Waals surface area contributed by atoms with Crippen LogP contribution in [0.4, 0.5) is 11.4 Å². The number of hydrogen-bond acceptors (Lipinski definition) is 5. The first-order valence-electron chi connectivity index (χ1n) is 15.1. The summed E-state index contributed by atoms with van der Waals surface area (Å²) in [5.41, 5.74) is 3.82. The maximum atomic E-state index is 13.4. The van der Waals surface area contributed by atoms with Crippen LogP contribution in [0.2, 0.25) is 0 Å². The van der Waals surface area contributed by atoms with E-state index in [-0.39, 0.29) is 23.3 Å². The number of anilines is 2. The highest BCUT2D eigenvalue weighted by molar-refractivity contribution is 8.00. The van der Waals surface area contributed by atoms with Gasteiger partial charge in [-0.3, -0.25) is 14.4 Å². The molecule has 0 aliphatic carbocycles. The molecule has 0 aliphatic heterocycles. The second-order valence-corrected chi connectivity index (χ2v) is 11.8. The van der Waals surface area contributed by atoms with Gasteiger partial charge in [-0.05, 0) is 90.2 Å². The lowest BCUT2D eigenvalue weighted by Gasteiger charge is -2.12. The second kappa shape index (κ2) is 16.9. The molecule has 4 aromatic carbocycles. The highest BCUT2D eigenvalue weighted by Crippen LogP contribution is 2.22. The molecule has 3 amide bonds. The number of benzene rings is 4. The second-order valence-electron chi connectivity index (χ2n) is 10.7. The van der Waals surface area contributed by atoms with Crippen molar-refractivity contribution in [1.82, 2.24) is 5.32 Å². The Balaban J connectivity index is 1.35. The summed E-state index contributed by atoms with van der Waals surface area (Å²) in [6, 6.07) is 31.2. The van der Waals surface area contributed by atoms with E-state index in [1.165, 1.54) is 17.3 Å². The van der Waals surface area contributed by atoms with Gasteiger partial charge in [-0.15, -0.1) is 11.8 Å². The molecule has 232 valence electrons. The van der Waals surface area contributed by atoms with Gasteiger partial charge in [-0.2, -0.15) is 0 Å². The van der Waals surface area contributed by atoms with E-state index >= 15 is 0 Å². The minimum Gasteiger partial charge on any atom is -0.494 e. The van der Waals surface area contributed by atoms with Gasteiger partial charge in [0, 0.05) is 21.8 Å². The fourth-order valence-corrected chi connectivity index (χ4v) is 4.93. The first-order valence-corrected chi connectivity index (χ1v) is 16.0. The van der Waals surface area contributed by atoms with Crippen LogP contribution in [0.5, 0.6) is 5.75 Å². The lowest BCUT2D eigenvalue weighted by Crippen LogP contribution is -2.30. The zero-order valence-electron chi connectivity index (χ0n) is 25.8. The highest BCUT2D eigenvalue weighted by atomic mass is 32.2. The molecule has 0 bridgehead atoms. The van der Waals surface area contributed by atoms with Gasteiger partial charge in [-0.1, -0.05) is 69.7 Å². The summed E-state index contributed by atoms with van der Waals surface area (Å²) in [7, 11) is 0. The quantitative estimate of drug-likeness (QED) is 0.0751. The minimum atomic E-state index is -0.450. The number of carbonyl (C=O) groups excluding carboxylic acids is 3. The normalized spacial score (nSPS) is 11.2. The summed E-state index contributed by atoms with van der Waals surface area (Å²) in [5.74, 6) is 0.443. The van der Waals surface area contributed by atoms with Gasteiger partial charge < -0.3 is 20.7 Å². The van der Waals surface area contributed by atoms with Crippen molar-refractivity contribution in [3.63, 3.8) is 0 Å². The predicted molar refractivity (Wildman–Crippen MR) is 184 cm³/mol. The third kappa shape index (κ3) is 10.7. The first-order chi connectivity index (χ1) is 21.8. The molecular formula is C37H39N3O4S. The van der Waals surface area contributed by atoms with Crippen molar-refractivity contribution in [2.75, 3.05) is 23.0 Å². The number of amides is 3. The number of ether oxygens (including phenoxy) is 1. The summed E-state index contributed by atoms with van der Waals surface area (Å²) in [5, 5.41) is 8.54. The summed E-state index contributed by atoms with van der Waals surface area (Å²) in [6.07, 6.45) is 3.74. The van der Waals surface area contributed by atoms with Crippen molar-refractivity contribution in [2.45, 2.75) is 44.4 Å². The molecule has 45 heavy (non-hydrogen) atoms. The Kier molecular flexibility index (Phi) is 12.4. The average Bonchev–Trinajstić information content (AvgIpc) is 3.05. The smallest absolute Gasteiger partial charge is 0.272 e. The Morgan fingerprint density at radius 2 is 1.44 bits per heavy atom. The number of nitrogens with one attached hydrogen (secondary N) is 3. The molecule has 0 saturated heterocycles. The molecule has 4 aromatic rings. The van der Waals surface area contributed by atoms with Crippen molar-refractivity contribution in [3.05, 3.63) is 126 Å². The molecule has 0 saturated carbocycles. The molecule has 3 N–H and O–H groups in total. The molecule has 0 spiro atoms. The third-order valence-corrected chi connectivity index (χ3v) is 7.84. The Bertz CT molecular complexity index is 1580. The Morgan fingerprint density at radius 3 is 2.09 bits per heavy atom. The van der Waals surface area contributed by atoms with E-state index in [9.17, 15) is 14.4 Å². The van der Waals surface area contributed by atoms with Crippen molar-refractivity contribution >= 4 is 46.9 Å². The SMILES string of the molecule is CCCCOc1ccc(NC(=O)CSc2ccc(NC(=O)/C(=C/c3ccc(C(C)C)cc3)NC(=O)c3ccccc3)cc2)cc1. The number of thioether (sulfide) groups is 1. The standard InChI is InChI=1S/C37H39N3O4S/c1-4-5-23-44-32-19-15-30(16-20-32)38-35(41)25-45-33-21-17-31(18-22-33)39-37(43)34(40-36(42)29-9-7-6-8-10-29)24-27-11-13-28(14-12-27)26(2)3/h6-22,24,26H,4-5,23,25H2,1-3H3,(H,38,41)(H,39,43)(H,40,42)/b34-24-. The zero-order valence-corrected chi connectivity index (χ0v) is 26.7. The van der Waals surface area contributed by atoms with Gasteiger partial charge in [0.2, 0.25) is 5.91 Å². The van der Waals surface area contributed by atoms with Crippen LogP contribution >= 0.6 is 11.8 Å². The molecule has 4 rings (SSSR count). The number of hydrogen-bond donors (Lipinski definition) is 3. The van der Waals surface area contributed by atoms with E-state index in [1.807, 2.05) is 66.7 Å². The molecule has 0 heterocycles. The fourth-order valence-electron chi connectivity index (χ4n) is 4.23. The molecule has 8 heteroatoms. The van der Waals surface area contributed by atoms with Crippen molar-refractivity contribution in [3.8, 4) is 5.75 Å². The van der Waals surface area contributed by atoms with Crippen LogP contribution in [-0.2, 0) is 9.59 Å². The minimum absolute atomic E-state index is 0.122. The van der Waals surface area contributed by atoms with E-state index in [1.54, 1.807) is 42.5 Å². The van der Waals surface area contributed by atoms with Crippen molar-refractivity contribution in [1.29, 1.82) is 0 Å². The Labute approximate surface area is 269 Å². The van der Waals surface area contributed by atoms with Crippen LogP contribution < -0.4 is 20.7 Å². The first kappa shape index (κ1) is 33.1. The number of unbranched alkanes of at least 4 members (excludes halogenated alkanes) is 1. The van der Waals surface area contributed by atoms with Gasteiger partial charge in [-0.25, -0.2) is 0 Å². The average molecular weight is 622 g/mol. The molecule has 7 nitrogen and oxygen atoms in total. The van der Waals surface area contributed by atoms with Gasteiger partial charge in [0.05, 0.1) is 12.4 Å². The van der Waals surface area contributed by atoms with E-state index < -0.39 is 5.91 Å². The van der Waals surface area contributed by atoms with Crippen LogP contribution in [0.1, 0.15) is 61.0 Å². The Morgan fingerprint density at radius 1 is 0.800 bits per heavy atom. The van der Waals surface area contributed by atoms with Crippen molar-refractivity contribution in [2.24, 2.45) is 0 Å². The van der Waals surface area contributed by atoms with Crippen LogP contribution in [0.15, 0.2) is 114 Å². The van der Waals surface area contributed by atoms with Gasteiger partial charge in [0.25, 0.3) is 11.8 Å². The maximum Gasteiger partial charge on any atom is 0.272 e. The van der Waals surface area contributed by atoms with E-state index in [2.05, 4.69) is 36.7 Å². The molecule has 0 fully saturated rings. The number of rotatable bonds is 14. The highest BCUT2D eigenvalue weighted by Gasteiger charge is 2.15. The van der Waals surface area contributed by atoms with E-state index in [0.717, 1.165) is 29.1 Å². The lowest BCUT2D eigenvalue weighted by molar-refractivity contribution is -0.114. The maximum absolute atomic E-state index is 13.4. The monoisotopic (exact) mass is 621 g/mol. The van der Waals surface area contributed by atoms with E-state index in [4.69, 9.17) is 4.74 Å². The molecule has 0 aromatic heterocycles. The van der Waals surface area contributed by atoms with Crippen LogP contribution in [0, 0.1) is 0 Å². The van der Waals surface area contributed by atoms with Crippen LogP contribution in [-0.4, -0.2) is 30.1 Å². The fraction of sp³-hybridized carbons (Fsp3) is 0.216. The summed E-state index contributed by atoms with van der Waals surface area (Å²) < 4.78 is 5.67. The summed E-state index contributed by atoms with van der Waals surface area (Å²) >= 11 is 1.39. The van der Waals surface area contributed by atoms with Crippen LogP contribution in [0.3, 0.4) is 0 Å². The molecular weight excluding hydrogens is 582 g/mol. The molecule has 0 atom stereocenters. The summed E-state index contributed by atoms with van der Waals surface area (Å²) in [4.78, 5) is 39.7. The Hall–Kier alpha value is -4.82.